The Hall–Kier alpha value is -1.83. The molecular formula is C21H28O2. The van der Waals surface area contributed by atoms with E-state index in [1.807, 2.05) is 13.0 Å². The number of fused-ring (bicyclic) bond motifs is 1. The average Bonchev–Trinajstić information content (AvgIpc) is 2.50. The van der Waals surface area contributed by atoms with E-state index in [-0.39, 0.29) is 0 Å². The molecule has 1 aliphatic rings. The number of benzene rings is 1. The van der Waals surface area contributed by atoms with Gasteiger partial charge in [0.05, 0.1) is 0 Å². The van der Waals surface area contributed by atoms with E-state index < -0.39 is 5.97 Å². The van der Waals surface area contributed by atoms with Crippen molar-refractivity contribution in [2.75, 3.05) is 0 Å². The largest absolute Gasteiger partial charge is 0.478 e. The summed E-state index contributed by atoms with van der Waals surface area (Å²) in [5.74, 6) is -0.321. The number of aliphatic carboxylic acids is 1. The molecule has 2 heteroatoms. The molecule has 1 aliphatic carbocycles. The number of carbonyl (C=O) groups is 1. The van der Waals surface area contributed by atoms with Crippen molar-refractivity contribution in [3.63, 3.8) is 0 Å². The van der Waals surface area contributed by atoms with Crippen LogP contribution in [0.1, 0.15) is 65.5 Å². The Morgan fingerprint density at radius 2 is 1.78 bits per heavy atom. The summed E-state index contributed by atoms with van der Waals surface area (Å²) in [4.78, 5) is 10.7. The molecule has 1 aromatic carbocycles. The minimum atomic E-state index is -0.882. The van der Waals surface area contributed by atoms with Gasteiger partial charge in [-0.05, 0) is 105 Å². The van der Waals surface area contributed by atoms with Gasteiger partial charge in [0, 0.05) is 6.08 Å². The maximum Gasteiger partial charge on any atom is 0.328 e. The van der Waals surface area contributed by atoms with Crippen LogP contribution in [0.5, 0.6) is 0 Å². The minimum absolute atomic E-state index is 0.561. The van der Waals surface area contributed by atoms with Crippen LogP contribution in [0.15, 0.2) is 23.8 Å². The molecule has 0 aliphatic heterocycles. The number of hydrogen-bond acceptors (Lipinski definition) is 1. The van der Waals surface area contributed by atoms with Crippen LogP contribution in [0.25, 0.3) is 0 Å². The lowest BCUT2D eigenvalue weighted by Crippen LogP contribution is -2.15. The van der Waals surface area contributed by atoms with Gasteiger partial charge in [-0.3, -0.25) is 0 Å². The molecule has 0 bridgehead atoms. The Labute approximate surface area is 139 Å². The fraction of sp³-hybridized carbons (Fsp3) is 0.476. The first-order chi connectivity index (χ1) is 10.8. The zero-order valence-corrected chi connectivity index (χ0v) is 15.0. The Morgan fingerprint density at radius 3 is 2.43 bits per heavy atom. The molecule has 1 unspecified atom stereocenters. The van der Waals surface area contributed by atoms with E-state index in [0.29, 0.717) is 5.92 Å². The summed E-state index contributed by atoms with van der Waals surface area (Å²) in [5.41, 5.74) is 9.71. The third-order valence-corrected chi connectivity index (χ3v) is 5.41. The van der Waals surface area contributed by atoms with Gasteiger partial charge in [0.1, 0.15) is 0 Å². The molecule has 1 atom stereocenters. The Morgan fingerprint density at radius 1 is 1.13 bits per heavy atom. The molecule has 0 saturated heterocycles. The molecule has 2 rings (SSSR count). The van der Waals surface area contributed by atoms with E-state index in [9.17, 15) is 4.79 Å². The first kappa shape index (κ1) is 17.5. The smallest absolute Gasteiger partial charge is 0.328 e. The van der Waals surface area contributed by atoms with Crippen molar-refractivity contribution < 1.29 is 9.90 Å². The first-order valence-corrected chi connectivity index (χ1v) is 8.49. The zero-order valence-electron chi connectivity index (χ0n) is 15.0. The predicted octanol–water partition coefficient (Wildman–Crippen LogP) is 5.32. The van der Waals surface area contributed by atoms with Gasteiger partial charge in [0.15, 0.2) is 0 Å². The highest BCUT2D eigenvalue weighted by atomic mass is 16.4. The minimum Gasteiger partial charge on any atom is -0.478 e. The van der Waals surface area contributed by atoms with Crippen LogP contribution in [0.2, 0.25) is 0 Å². The maximum atomic E-state index is 10.7. The fourth-order valence-corrected chi connectivity index (χ4v) is 3.86. The quantitative estimate of drug-likeness (QED) is 0.603. The maximum absolute atomic E-state index is 10.7. The third kappa shape index (κ3) is 3.74. The Kier molecular flexibility index (Phi) is 5.46. The average molecular weight is 312 g/mol. The summed E-state index contributed by atoms with van der Waals surface area (Å²) in [5, 5.41) is 8.78. The van der Waals surface area contributed by atoms with Crippen LogP contribution in [0.3, 0.4) is 0 Å². The highest BCUT2D eigenvalue weighted by Gasteiger charge is 2.24. The highest BCUT2D eigenvalue weighted by Crippen LogP contribution is 2.40. The molecule has 0 amide bonds. The molecular weight excluding hydrogens is 284 g/mol. The summed E-state index contributed by atoms with van der Waals surface area (Å²) in [7, 11) is 0. The number of allylic oxidation sites excluding steroid dienone is 3. The zero-order chi connectivity index (χ0) is 17.1. The lowest BCUT2D eigenvalue weighted by Gasteiger charge is -2.30. The predicted molar refractivity (Wildman–Crippen MR) is 96.2 cm³/mol. The standard InChI is InChI=1S/C21H28O2/c1-13(12-20(22)23)8-6-9-18-10-7-11-19-16(4)14(2)15(3)17(5)21(18)19/h6,8,12,18H,7,9-11H2,1-5H3,(H,22,23)/b8-6+,13-12+. The van der Waals surface area contributed by atoms with E-state index in [0.717, 1.165) is 12.0 Å². The van der Waals surface area contributed by atoms with Crippen molar-refractivity contribution >= 4 is 5.97 Å². The molecule has 0 spiro atoms. The summed E-state index contributed by atoms with van der Waals surface area (Å²) < 4.78 is 0. The van der Waals surface area contributed by atoms with Crippen molar-refractivity contribution in [3.05, 3.63) is 57.2 Å². The van der Waals surface area contributed by atoms with Crippen molar-refractivity contribution in [3.8, 4) is 0 Å². The van der Waals surface area contributed by atoms with Crippen molar-refractivity contribution in [1.29, 1.82) is 0 Å². The summed E-state index contributed by atoms with van der Waals surface area (Å²) >= 11 is 0. The second-order valence-corrected chi connectivity index (χ2v) is 6.85. The SMILES string of the molecule is CC(/C=C/CC1CCCc2c(C)c(C)c(C)c(C)c21)=C\C(=O)O. The van der Waals surface area contributed by atoms with Crippen LogP contribution in [0, 0.1) is 27.7 Å². The third-order valence-electron chi connectivity index (χ3n) is 5.41. The molecule has 0 radical (unpaired) electrons. The van der Waals surface area contributed by atoms with Gasteiger partial charge in [-0.25, -0.2) is 4.79 Å². The van der Waals surface area contributed by atoms with Crippen LogP contribution in [-0.4, -0.2) is 11.1 Å². The molecule has 124 valence electrons. The Bertz CT molecular complexity index is 678. The monoisotopic (exact) mass is 312 g/mol. The number of rotatable bonds is 4. The van der Waals surface area contributed by atoms with Crippen molar-refractivity contribution in [2.45, 2.75) is 66.2 Å². The van der Waals surface area contributed by atoms with Gasteiger partial charge in [-0.2, -0.15) is 0 Å². The second kappa shape index (κ2) is 7.16. The van der Waals surface area contributed by atoms with E-state index in [1.54, 1.807) is 11.1 Å². The number of carboxylic acids is 1. The van der Waals surface area contributed by atoms with Gasteiger partial charge in [0.2, 0.25) is 0 Å². The topological polar surface area (TPSA) is 37.3 Å². The van der Waals surface area contributed by atoms with Gasteiger partial charge in [0.25, 0.3) is 0 Å². The summed E-state index contributed by atoms with van der Waals surface area (Å²) in [6, 6.07) is 0. The molecule has 2 nitrogen and oxygen atoms in total. The second-order valence-electron chi connectivity index (χ2n) is 6.85. The van der Waals surface area contributed by atoms with Crippen molar-refractivity contribution in [2.24, 2.45) is 0 Å². The first-order valence-electron chi connectivity index (χ1n) is 8.49. The lowest BCUT2D eigenvalue weighted by atomic mass is 9.74. The molecule has 0 aromatic heterocycles. The van der Waals surface area contributed by atoms with Crippen LogP contribution in [0.4, 0.5) is 0 Å². The molecule has 0 saturated carbocycles. The Balaban J connectivity index is 2.29. The molecule has 0 heterocycles. The van der Waals surface area contributed by atoms with Crippen LogP contribution < -0.4 is 0 Å². The number of carboxylic acid groups (broad SMARTS) is 1. The van der Waals surface area contributed by atoms with Crippen LogP contribution >= 0.6 is 0 Å². The van der Waals surface area contributed by atoms with E-state index >= 15 is 0 Å². The fourth-order valence-electron chi connectivity index (χ4n) is 3.86. The lowest BCUT2D eigenvalue weighted by molar-refractivity contribution is -0.131. The van der Waals surface area contributed by atoms with E-state index in [4.69, 9.17) is 5.11 Å². The van der Waals surface area contributed by atoms with Crippen molar-refractivity contribution in [1.82, 2.24) is 0 Å². The molecule has 1 aromatic rings. The van der Waals surface area contributed by atoms with Gasteiger partial charge in [-0.1, -0.05) is 12.2 Å². The van der Waals surface area contributed by atoms with Gasteiger partial charge in [-0.15, -0.1) is 0 Å². The summed E-state index contributed by atoms with van der Waals surface area (Å²) in [6.45, 7) is 10.8. The van der Waals surface area contributed by atoms with Crippen LogP contribution in [-0.2, 0) is 11.2 Å². The molecule has 23 heavy (non-hydrogen) atoms. The van der Waals surface area contributed by atoms with Gasteiger partial charge < -0.3 is 5.11 Å². The van der Waals surface area contributed by atoms with Gasteiger partial charge >= 0.3 is 5.97 Å². The molecule has 0 fully saturated rings. The molecule has 1 N–H and O–H groups in total. The highest BCUT2D eigenvalue weighted by molar-refractivity contribution is 5.81. The van der Waals surface area contributed by atoms with E-state index in [2.05, 4.69) is 33.8 Å². The van der Waals surface area contributed by atoms with E-state index in [1.165, 1.54) is 47.6 Å². The summed E-state index contributed by atoms with van der Waals surface area (Å²) in [6.07, 6.45) is 9.99. The normalized spacial score (nSPS) is 18.3. The number of hydrogen-bond donors (Lipinski definition) is 1.